The zero-order valence-corrected chi connectivity index (χ0v) is 11.8. The number of hydrogen-bond donors (Lipinski definition) is 1. The average molecular weight is 255 g/mol. The van der Waals surface area contributed by atoms with Crippen molar-refractivity contribution in [2.45, 2.75) is 26.8 Å². The van der Waals surface area contributed by atoms with Crippen LogP contribution in [0.1, 0.15) is 37.9 Å². The molecule has 0 saturated heterocycles. The summed E-state index contributed by atoms with van der Waals surface area (Å²) >= 11 is 0. The van der Waals surface area contributed by atoms with E-state index in [0.29, 0.717) is 0 Å². The molecule has 0 atom stereocenters. The van der Waals surface area contributed by atoms with Crippen molar-refractivity contribution in [2.24, 2.45) is 0 Å². The van der Waals surface area contributed by atoms with Crippen molar-refractivity contribution in [1.29, 1.82) is 0 Å². The quantitative estimate of drug-likeness (QED) is 0.884. The molecule has 2 nitrogen and oxygen atoms in total. The second-order valence-corrected chi connectivity index (χ2v) is 3.95. The number of benzene rings is 2. The molecule has 0 fully saturated rings. The smallest absolute Gasteiger partial charge is 0.217 e. The largest absolute Gasteiger partial charge is 0.345 e. The maximum Gasteiger partial charge on any atom is 0.217 e. The molecule has 2 aromatic carbocycles. The number of rotatable bonds is 3. The Hall–Kier alpha value is -2.09. The van der Waals surface area contributed by atoms with Crippen molar-refractivity contribution in [1.82, 2.24) is 5.32 Å². The van der Waals surface area contributed by atoms with Crippen molar-refractivity contribution >= 4 is 5.91 Å². The number of carbonyl (C=O) groups excluding carboxylic acids is 1. The predicted octanol–water partition coefficient (Wildman–Crippen LogP) is 3.94. The predicted molar refractivity (Wildman–Crippen MR) is 79.9 cm³/mol. The summed E-state index contributed by atoms with van der Waals surface area (Å²) in [6, 6.07) is 19.9. The van der Waals surface area contributed by atoms with Gasteiger partial charge in [-0.05, 0) is 11.1 Å². The third kappa shape index (κ3) is 4.59. The van der Waals surface area contributed by atoms with Gasteiger partial charge in [0, 0.05) is 6.92 Å². The fourth-order valence-electron chi connectivity index (χ4n) is 1.85. The van der Waals surface area contributed by atoms with Gasteiger partial charge >= 0.3 is 0 Å². The van der Waals surface area contributed by atoms with Gasteiger partial charge < -0.3 is 5.32 Å². The van der Waals surface area contributed by atoms with E-state index in [0.717, 1.165) is 11.1 Å². The molecule has 0 spiro atoms. The monoisotopic (exact) mass is 255 g/mol. The Morgan fingerprint density at radius 1 is 0.842 bits per heavy atom. The van der Waals surface area contributed by atoms with Crippen molar-refractivity contribution in [3.05, 3.63) is 71.8 Å². The van der Waals surface area contributed by atoms with E-state index < -0.39 is 0 Å². The second-order valence-electron chi connectivity index (χ2n) is 3.95. The topological polar surface area (TPSA) is 29.1 Å². The summed E-state index contributed by atoms with van der Waals surface area (Å²) in [4.78, 5) is 11.3. The van der Waals surface area contributed by atoms with Gasteiger partial charge in [0.15, 0.2) is 0 Å². The molecule has 1 amide bonds. The van der Waals surface area contributed by atoms with E-state index >= 15 is 0 Å². The molecule has 2 heteroatoms. The van der Waals surface area contributed by atoms with Crippen molar-refractivity contribution in [3.63, 3.8) is 0 Å². The fourth-order valence-corrected chi connectivity index (χ4v) is 1.85. The highest BCUT2D eigenvalue weighted by molar-refractivity contribution is 5.74. The minimum Gasteiger partial charge on any atom is -0.345 e. The summed E-state index contributed by atoms with van der Waals surface area (Å²) in [6.07, 6.45) is 0. The van der Waals surface area contributed by atoms with Crippen LogP contribution in [0.4, 0.5) is 0 Å². The normalized spacial score (nSPS) is 9.47. The molecule has 0 radical (unpaired) electrons. The van der Waals surface area contributed by atoms with E-state index in [2.05, 4.69) is 5.32 Å². The Morgan fingerprint density at radius 3 is 1.53 bits per heavy atom. The molecule has 0 unspecified atom stereocenters. The van der Waals surface area contributed by atoms with E-state index in [1.165, 1.54) is 0 Å². The zero-order valence-electron chi connectivity index (χ0n) is 11.8. The van der Waals surface area contributed by atoms with E-state index in [-0.39, 0.29) is 11.9 Å². The molecule has 19 heavy (non-hydrogen) atoms. The molecular weight excluding hydrogens is 234 g/mol. The highest BCUT2D eigenvalue weighted by atomic mass is 16.1. The van der Waals surface area contributed by atoms with Crippen molar-refractivity contribution in [2.75, 3.05) is 0 Å². The van der Waals surface area contributed by atoms with E-state index in [4.69, 9.17) is 0 Å². The van der Waals surface area contributed by atoms with Crippen molar-refractivity contribution in [3.8, 4) is 0 Å². The van der Waals surface area contributed by atoms with Gasteiger partial charge in [-0.1, -0.05) is 74.5 Å². The van der Waals surface area contributed by atoms with Gasteiger partial charge in [0.2, 0.25) is 5.91 Å². The van der Waals surface area contributed by atoms with Crippen LogP contribution in [0.25, 0.3) is 0 Å². The Labute approximate surface area is 115 Å². The lowest BCUT2D eigenvalue weighted by Crippen LogP contribution is -2.26. The number of hydrogen-bond acceptors (Lipinski definition) is 1. The molecule has 0 saturated carbocycles. The Morgan fingerprint density at radius 2 is 1.21 bits per heavy atom. The van der Waals surface area contributed by atoms with Gasteiger partial charge in [0.1, 0.15) is 0 Å². The third-order valence-electron chi connectivity index (χ3n) is 2.61. The van der Waals surface area contributed by atoms with Crippen LogP contribution in [0.3, 0.4) is 0 Å². The Bertz CT molecular complexity index is 440. The van der Waals surface area contributed by atoms with Gasteiger partial charge in [0.05, 0.1) is 6.04 Å². The number of amides is 1. The molecule has 0 aromatic heterocycles. The molecule has 1 N–H and O–H groups in total. The van der Waals surface area contributed by atoms with Crippen LogP contribution in [0.5, 0.6) is 0 Å². The fraction of sp³-hybridized carbons (Fsp3) is 0.235. The van der Waals surface area contributed by atoms with Gasteiger partial charge in [-0.2, -0.15) is 0 Å². The van der Waals surface area contributed by atoms with Crippen LogP contribution >= 0.6 is 0 Å². The first-order chi connectivity index (χ1) is 9.27. The van der Waals surface area contributed by atoms with Crippen LogP contribution in [-0.4, -0.2) is 5.91 Å². The van der Waals surface area contributed by atoms with Crippen molar-refractivity contribution < 1.29 is 4.79 Å². The highest BCUT2D eigenvalue weighted by Gasteiger charge is 2.13. The summed E-state index contributed by atoms with van der Waals surface area (Å²) < 4.78 is 0. The van der Waals surface area contributed by atoms with E-state index in [1.54, 1.807) is 6.92 Å². The van der Waals surface area contributed by atoms with Crippen LogP contribution in [-0.2, 0) is 4.79 Å². The Kier molecular flexibility index (Phi) is 6.37. The highest BCUT2D eigenvalue weighted by Crippen LogP contribution is 2.21. The maximum atomic E-state index is 11.3. The van der Waals surface area contributed by atoms with Gasteiger partial charge in [-0.25, -0.2) is 0 Å². The maximum absolute atomic E-state index is 11.3. The summed E-state index contributed by atoms with van der Waals surface area (Å²) in [7, 11) is 0. The van der Waals surface area contributed by atoms with Gasteiger partial charge in [0.25, 0.3) is 0 Å². The first-order valence-electron chi connectivity index (χ1n) is 6.64. The van der Waals surface area contributed by atoms with E-state index in [9.17, 15) is 4.79 Å². The molecular formula is C17H21NO. The summed E-state index contributed by atoms with van der Waals surface area (Å²) in [5.74, 6) is -0.0253. The average Bonchev–Trinajstić information content (AvgIpc) is 2.48. The molecule has 0 aliphatic rings. The first-order valence-corrected chi connectivity index (χ1v) is 6.64. The number of nitrogens with one attached hydrogen (secondary N) is 1. The summed E-state index contributed by atoms with van der Waals surface area (Å²) in [5.41, 5.74) is 2.18. The molecule has 0 aliphatic carbocycles. The van der Waals surface area contributed by atoms with E-state index in [1.807, 2.05) is 74.5 Å². The molecule has 100 valence electrons. The minimum absolute atomic E-state index is 0.0253. The molecule has 2 rings (SSSR count). The summed E-state index contributed by atoms with van der Waals surface area (Å²) in [6.45, 7) is 5.54. The standard InChI is InChI=1S/C15H15NO.C2H6/c1-12(17)16-15(13-8-4-2-5-9-13)14-10-6-3-7-11-14;1-2/h2-11,15H,1H3,(H,16,17);1-2H3. The lowest BCUT2D eigenvalue weighted by atomic mass is 9.99. The SMILES string of the molecule is CC.CC(=O)NC(c1ccccc1)c1ccccc1. The number of carbonyl (C=O) groups is 1. The molecule has 0 bridgehead atoms. The molecule has 0 aliphatic heterocycles. The minimum atomic E-state index is -0.0742. The lowest BCUT2D eigenvalue weighted by Gasteiger charge is -2.18. The summed E-state index contributed by atoms with van der Waals surface area (Å²) in [5, 5.41) is 2.97. The van der Waals surface area contributed by atoms with Crippen LogP contribution in [0.15, 0.2) is 60.7 Å². The first kappa shape index (κ1) is 15.0. The third-order valence-corrected chi connectivity index (χ3v) is 2.61. The Balaban J connectivity index is 0.000000861. The van der Waals surface area contributed by atoms with Gasteiger partial charge in [-0.3, -0.25) is 4.79 Å². The second kappa shape index (κ2) is 8.09. The lowest BCUT2D eigenvalue weighted by molar-refractivity contribution is -0.119. The molecule has 2 aromatic rings. The van der Waals surface area contributed by atoms with Gasteiger partial charge in [-0.15, -0.1) is 0 Å². The van der Waals surface area contributed by atoms with Crippen LogP contribution in [0, 0.1) is 0 Å². The van der Waals surface area contributed by atoms with Crippen LogP contribution < -0.4 is 5.32 Å². The zero-order chi connectivity index (χ0) is 14.1. The molecule has 0 heterocycles. The van der Waals surface area contributed by atoms with Crippen LogP contribution in [0.2, 0.25) is 0 Å².